The van der Waals surface area contributed by atoms with Gasteiger partial charge in [0.15, 0.2) is 0 Å². The second-order valence-corrected chi connectivity index (χ2v) is 4.90. The van der Waals surface area contributed by atoms with Gasteiger partial charge in [-0.25, -0.2) is 0 Å². The van der Waals surface area contributed by atoms with Crippen LogP contribution in [0.25, 0.3) is 0 Å². The van der Waals surface area contributed by atoms with Crippen LogP contribution in [0.4, 0.5) is 0 Å². The minimum absolute atomic E-state index is 0.561. The van der Waals surface area contributed by atoms with Gasteiger partial charge in [-0.05, 0) is 48.4 Å². The topological polar surface area (TPSA) is 18.5 Å². The largest absolute Gasteiger partial charge is 0.497 e. The Labute approximate surface area is 116 Å². The minimum Gasteiger partial charge on any atom is -0.497 e. The zero-order chi connectivity index (χ0) is 13.0. The van der Waals surface area contributed by atoms with Crippen molar-refractivity contribution in [1.29, 1.82) is 0 Å². The molecule has 94 valence electrons. The smallest absolute Gasteiger partial charge is 0.120 e. The minimum atomic E-state index is 0.561. The molecule has 2 rings (SSSR count). The third-order valence-corrected chi connectivity index (χ3v) is 3.58. The van der Waals surface area contributed by atoms with E-state index in [0.717, 1.165) is 21.5 Å². The molecule has 0 saturated carbocycles. The SMILES string of the molecule is COc1ccc(COc2ccc(Br)c(C)c2)cc1. The number of rotatable bonds is 4. The van der Waals surface area contributed by atoms with Crippen molar-refractivity contribution in [2.75, 3.05) is 7.11 Å². The van der Waals surface area contributed by atoms with E-state index in [0.29, 0.717) is 6.61 Å². The van der Waals surface area contributed by atoms with Crippen LogP contribution in [-0.4, -0.2) is 7.11 Å². The molecule has 18 heavy (non-hydrogen) atoms. The first kappa shape index (κ1) is 13.0. The fraction of sp³-hybridized carbons (Fsp3) is 0.200. The van der Waals surface area contributed by atoms with Crippen molar-refractivity contribution in [1.82, 2.24) is 0 Å². The Hall–Kier alpha value is -1.48. The van der Waals surface area contributed by atoms with Crippen molar-refractivity contribution in [3.8, 4) is 11.5 Å². The molecule has 0 unspecified atom stereocenters. The Morgan fingerprint density at radius 2 is 1.67 bits per heavy atom. The summed E-state index contributed by atoms with van der Waals surface area (Å²) >= 11 is 3.47. The number of halogens is 1. The molecular weight excluding hydrogens is 292 g/mol. The molecule has 0 amide bonds. The van der Waals surface area contributed by atoms with Gasteiger partial charge in [-0.2, -0.15) is 0 Å². The van der Waals surface area contributed by atoms with E-state index in [4.69, 9.17) is 9.47 Å². The van der Waals surface area contributed by atoms with Crippen LogP contribution in [0.1, 0.15) is 11.1 Å². The Bertz CT molecular complexity index is 521. The van der Waals surface area contributed by atoms with E-state index < -0.39 is 0 Å². The van der Waals surface area contributed by atoms with Gasteiger partial charge in [0.1, 0.15) is 18.1 Å². The molecule has 0 N–H and O–H groups in total. The standard InChI is InChI=1S/C15H15BrO2/c1-11-9-14(7-8-15(11)16)18-10-12-3-5-13(17-2)6-4-12/h3-9H,10H2,1-2H3. The molecule has 2 nitrogen and oxygen atoms in total. The van der Waals surface area contributed by atoms with Crippen LogP contribution in [-0.2, 0) is 6.61 Å². The summed E-state index contributed by atoms with van der Waals surface area (Å²) in [5.41, 5.74) is 2.29. The molecule has 0 fully saturated rings. The molecule has 0 aliphatic carbocycles. The third-order valence-electron chi connectivity index (χ3n) is 2.69. The summed E-state index contributed by atoms with van der Waals surface area (Å²) in [5, 5.41) is 0. The van der Waals surface area contributed by atoms with Gasteiger partial charge in [-0.3, -0.25) is 0 Å². The van der Waals surface area contributed by atoms with Crippen LogP contribution in [0.5, 0.6) is 11.5 Å². The maximum atomic E-state index is 5.74. The molecular formula is C15H15BrO2. The van der Waals surface area contributed by atoms with Crippen molar-refractivity contribution in [2.45, 2.75) is 13.5 Å². The summed E-state index contributed by atoms with van der Waals surface area (Å²) in [6, 6.07) is 13.9. The predicted molar refractivity (Wildman–Crippen MR) is 76.2 cm³/mol. The lowest BCUT2D eigenvalue weighted by Gasteiger charge is -2.08. The lowest BCUT2D eigenvalue weighted by molar-refractivity contribution is 0.305. The van der Waals surface area contributed by atoms with Gasteiger partial charge >= 0.3 is 0 Å². The van der Waals surface area contributed by atoms with E-state index in [-0.39, 0.29) is 0 Å². The Morgan fingerprint density at radius 1 is 1.00 bits per heavy atom. The molecule has 0 heterocycles. The summed E-state index contributed by atoms with van der Waals surface area (Å²) in [4.78, 5) is 0. The summed E-state index contributed by atoms with van der Waals surface area (Å²) < 4.78 is 12.0. The van der Waals surface area contributed by atoms with Crippen molar-refractivity contribution in [3.63, 3.8) is 0 Å². The zero-order valence-corrected chi connectivity index (χ0v) is 12.0. The van der Waals surface area contributed by atoms with Gasteiger partial charge in [-0.15, -0.1) is 0 Å². The first-order chi connectivity index (χ1) is 8.69. The first-order valence-corrected chi connectivity index (χ1v) is 6.50. The summed E-state index contributed by atoms with van der Waals surface area (Å²) in [5.74, 6) is 1.74. The quantitative estimate of drug-likeness (QED) is 0.836. The van der Waals surface area contributed by atoms with Gasteiger partial charge < -0.3 is 9.47 Å². The summed E-state index contributed by atoms with van der Waals surface area (Å²) in [6.07, 6.45) is 0. The highest BCUT2D eigenvalue weighted by Gasteiger charge is 1.99. The number of hydrogen-bond donors (Lipinski definition) is 0. The summed E-state index contributed by atoms with van der Waals surface area (Å²) in [6.45, 7) is 2.61. The lowest BCUT2D eigenvalue weighted by Crippen LogP contribution is -1.95. The van der Waals surface area contributed by atoms with E-state index in [1.165, 1.54) is 5.56 Å². The number of ether oxygens (including phenoxy) is 2. The number of benzene rings is 2. The second kappa shape index (κ2) is 5.91. The van der Waals surface area contributed by atoms with Gasteiger partial charge in [0, 0.05) is 4.47 Å². The van der Waals surface area contributed by atoms with Crippen molar-refractivity contribution in [2.24, 2.45) is 0 Å². The van der Waals surface area contributed by atoms with Gasteiger partial charge in [0.2, 0.25) is 0 Å². The van der Waals surface area contributed by atoms with E-state index in [1.54, 1.807) is 7.11 Å². The van der Waals surface area contributed by atoms with Crippen LogP contribution in [0.15, 0.2) is 46.9 Å². The van der Waals surface area contributed by atoms with Crippen LogP contribution in [0, 0.1) is 6.92 Å². The highest BCUT2D eigenvalue weighted by atomic mass is 79.9. The maximum absolute atomic E-state index is 5.74. The van der Waals surface area contributed by atoms with Crippen molar-refractivity contribution in [3.05, 3.63) is 58.1 Å². The molecule has 3 heteroatoms. The van der Waals surface area contributed by atoms with Crippen LogP contribution in [0.2, 0.25) is 0 Å². The molecule has 0 bridgehead atoms. The molecule has 2 aromatic carbocycles. The van der Waals surface area contributed by atoms with Gasteiger partial charge in [-0.1, -0.05) is 28.1 Å². The molecule has 2 aromatic rings. The van der Waals surface area contributed by atoms with Crippen LogP contribution >= 0.6 is 15.9 Å². The Morgan fingerprint density at radius 3 is 2.28 bits per heavy atom. The molecule has 0 radical (unpaired) electrons. The molecule has 0 atom stereocenters. The molecule has 0 saturated heterocycles. The monoisotopic (exact) mass is 306 g/mol. The van der Waals surface area contributed by atoms with Crippen molar-refractivity contribution < 1.29 is 9.47 Å². The average Bonchev–Trinajstić information content (AvgIpc) is 2.41. The molecule has 0 aromatic heterocycles. The van der Waals surface area contributed by atoms with E-state index in [9.17, 15) is 0 Å². The van der Waals surface area contributed by atoms with E-state index in [1.807, 2.05) is 49.4 Å². The maximum Gasteiger partial charge on any atom is 0.120 e. The fourth-order valence-electron chi connectivity index (χ4n) is 1.60. The Kier molecular flexibility index (Phi) is 4.26. The molecule has 0 aliphatic rings. The van der Waals surface area contributed by atoms with E-state index in [2.05, 4.69) is 15.9 Å². The number of methoxy groups -OCH3 is 1. The van der Waals surface area contributed by atoms with Crippen LogP contribution in [0.3, 0.4) is 0 Å². The van der Waals surface area contributed by atoms with Gasteiger partial charge in [0.25, 0.3) is 0 Å². The number of hydrogen-bond acceptors (Lipinski definition) is 2. The molecule has 0 aliphatic heterocycles. The molecule has 0 spiro atoms. The highest BCUT2D eigenvalue weighted by molar-refractivity contribution is 9.10. The Balaban J connectivity index is 1.99. The zero-order valence-electron chi connectivity index (χ0n) is 10.4. The van der Waals surface area contributed by atoms with E-state index >= 15 is 0 Å². The summed E-state index contributed by atoms with van der Waals surface area (Å²) in [7, 11) is 1.66. The lowest BCUT2D eigenvalue weighted by atomic mass is 10.2. The predicted octanol–water partition coefficient (Wildman–Crippen LogP) is 4.35. The fourth-order valence-corrected chi connectivity index (χ4v) is 1.84. The van der Waals surface area contributed by atoms with Crippen molar-refractivity contribution >= 4 is 15.9 Å². The van der Waals surface area contributed by atoms with Crippen LogP contribution < -0.4 is 9.47 Å². The van der Waals surface area contributed by atoms with Gasteiger partial charge in [0.05, 0.1) is 7.11 Å². The first-order valence-electron chi connectivity index (χ1n) is 5.71. The average molecular weight is 307 g/mol. The second-order valence-electron chi connectivity index (χ2n) is 4.05. The normalized spacial score (nSPS) is 10.2. The highest BCUT2D eigenvalue weighted by Crippen LogP contribution is 2.22. The third kappa shape index (κ3) is 3.26. The number of aryl methyl sites for hydroxylation is 1.